The first-order chi connectivity index (χ1) is 14.8. The number of anilines is 1. The van der Waals surface area contributed by atoms with Gasteiger partial charge in [0.1, 0.15) is 5.75 Å². The Morgan fingerprint density at radius 3 is 2.35 bits per heavy atom. The Kier molecular flexibility index (Phi) is 7.66. The van der Waals surface area contributed by atoms with Crippen molar-refractivity contribution in [2.75, 3.05) is 44.7 Å². The zero-order valence-corrected chi connectivity index (χ0v) is 18.7. The van der Waals surface area contributed by atoms with Gasteiger partial charge in [-0.15, -0.1) is 0 Å². The Bertz CT molecular complexity index is 998. The van der Waals surface area contributed by atoms with Gasteiger partial charge in [0.2, 0.25) is 10.0 Å². The van der Waals surface area contributed by atoms with Crippen molar-refractivity contribution < 1.29 is 23.1 Å². The van der Waals surface area contributed by atoms with Gasteiger partial charge in [0.05, 0.1) is 23.8 Å². The first-order valence-corrected chi connectivity index (χ1v) is 11.8. The molecule has 1 amide bonds. The minimum atomic E-state index is -3.74. The molecule has 0 bridgehead atoms. The summed E-state index contributed by atoms with van der Waals surface area (Å²) in [6.45, 7) is 8.11. The molecular formula is C22H29N3O5S. The van der Waals surface area contributed by atoms with E-state index in [1.807, 2.05) is 12.1 Å². The van der Waals surface area contributed by atoms with Crippen LogP contribution in [0.3, 0.4) is 0 Å². The number of nitrogens with one attached hydrogen (secondary N) is 1. The van der Waals surface area contributed by atoms with Crippen LogP contribution in [0.1, 0.15) is 29.8 Å². The van der Waals surface area contributed by atoms with Crippen LogP contribution in [-0.4, -0.2) is 68.0 Å². The molecule has 3 rings (SSSR count). The third-order valence-electron chi connectivity index (χ3n) is 5.34. The summed E-state index contributed by atoms with van der Waals surface area (Å²) < 4.78 is 32.3. The maximum absolute atomic E-state index is 12.9. The molecule has 2 aromatic carbocycles. The predicted octanol–water partition coefficient (Wildman–Crippen LogP) is 2.51. The molecule has 1 heterocycles. The Morgan fingerprint density at radius 1 is 1.10 bits per heavy atom. The van der Waals surface area contributed by atoms with Gasteiger partial charge in [-0.25, -0.2) is 8.42 Å². The summed E-state index contributed by atoms with van der Waals surface area (Å²) in [6, 6.07) is 11.1. The molecule has 8 nitrogen and oxygen atoms in total. The normalized spacial score (nSPS) is 15.2. The fourth-order valence-electron chi connectivity index (χ4n) is 3.37. The standard InChI is InChI=1S/C22H29N3O5S/c1-3-24(4-2)16-17-5-7-18(8-6-17)22(27)23-20-15-19(9-10-21(20)26)31(28,29)25-11-13-30-14-12-25/h5-10,15,26H,3-4,11-14,16H2,1-2H3,(H,23,27). The van der Waals surface area contributed by atoms with Gasteiger partial charge in [-0.2, -0.15) is 4.31 Å². The second-order valence-electron chi connectivity index (χ2n) is 7.31. The van der Waals surface area contributed by atoms with Gasteiger partial charge in [0.25, 0.3) is 5.91 Å². The van der Waals surface area contributed by atoms with Crippen molar-refractivity contribution in [2.45, 2.75) is 25.3 Å². The summed E-state index contributed by atoms with van der Waals surface area (Å²) in [5, 5.41) is 12.8. The SMILES string of the molecule is CCN(CC)Cc1ccc(C(=O)Nc2cc(S(=O)(=O)N3CCOCC3)ccc2O)cc1. The molecule has 2 aromatic rings. The van der Waals surface area contributed by atoms with Crippen molar-refractivity contribution in [3.8, 4) is 5.75 Å². The van der Waals surface area contributed by atoms with Crippen molar-refractivity contribution >= 4 is 21.6 Å². The molecule has 168 valence electrons. The van der Waals surface area contributed by atoms with Gasteiger partial charge in [0.15, 0.2) is 0 Å². The van der Waals surface area contributed by atoms with Crippen LogP contribution in [0.2, 0.25) is 0 Å². The number of benzene rings is 2. The second kappa shape index (κ2) is 10.2. The van der Waals surface area contributed by atoms with Gasteiger partial charge in [-0.1, -0.05) is 26.0 Å². The van der Waals surface area contributed by atoms with Crippen molar-refractivity contribution in [2.24, 2.45) is 0 Å². The molecule has 1 fully saturated rings. The fraction of sp³-hybridized carbons (Fsp3) is 0.409. The van der Waals surface area contributed by atoms with E-state index in [1.165, 1.54) is 22.5 Å². The van der Waals surface area contributed by atoms with E-state index < -0.39 is 15.9 Å². The maximum atomic E-state index is 12.9. The van der Waals surface area contributed by atoms with E-state index >= 15 is 0 Å². The highest BCUT2D eigenvalue weighted by Crippen LogP contribution is 2.28. The molecule has 0 spiro atoms. The van der Waals surface area contributed by atoms with E-state index in [1.54, 1.807) is 12.1 Å². The van der Waals surface area contributed by atoms with E-state index in [0.717, 1.165) is 25.2 Å². The zero-order chi connectivity index (χ0) is 22.4. The second-order valence-corrected chi connectivity index (χ2v) is 9.25. The van der Waals surface area contributed by atoms with Crippen LogP contribution in [-0.2, 0) is 21.3 Å². The highest BCUT2D eigenvalue weighted by atomic mass is 32.2. The first kappa shape index (κ1) is 23.2. The van der Waals surface area contributed by atoms with Crippen LogP contribution < -0.4 is 5.32 Å². The lowest BCUT2D eigenvalue weighted by molar-refractivity contribution is 0.0730. The number of hydrogen-bond donors (Lipinski definition) is 2. The quantitative estimate of drug-likeness (QED) is 0.604. The Morgan fingerprint density at radius 2 is 1.74 bits per heavy atom. The van der Waals surface area contributed by atoms with Crippen molar-refractivity contribution in [1.29, 1.82) is 0 Å². The zero-order valence-electron chi connectivity index (χ0n) is 17.9. The number of ether oxygens (including phenoxy) is 1. The molecular weight excluding hydrogens is 418 g/mol. The van der Waals surface area contributed by atoms with Crippen LogP contribution in [0.25, 0.3) is 0 Å². The number of rotatable bonds is 8. The lowest BCUT2D eigenvalue weighted by Gasteiger charge is -2.26. The van der Waals surface area contributed by atoms with Gasteiger partial charge in [0, 0.05) is 25.2 Å². The molecule has 1 aliphatic rings. The third kappa shape index (κ3) is 5.62. The smallest absolute Gasteiger partial charge is 0.255 e. The number of carbonyl (C=O) groups is 1. The number of phenolic OH excluding ortho intramolecular Hbond substituents is 1. The average molecular weight is 448 g/mol. The van der Waals surface area contributed by atoms with E-state index in [2.05, 4.69) is 24.1 Å². The van der Waals surface area contributed by atoms with E-state index in [-0.39, 0.29) is 29.4 Å². The Hall–Kier alpha value is -2.46. The predicted molar refractivity (Wildman–Crippen MR) is 119 cm³/mol. The van der Waals surface area contributed by atoms with E-state index in [9.17, 15) is 18.3 Å². The molecule has 2 N–H and O–H groups in total. The molecule has 0 aromatic heterocycles. The molecule has 0 unspecified atom stereocenters. The summed E-state index contributed by atoms with van der Waals surface area (Å²) >= 11 is 0. The van der Waals surface area contributed by atoms with Crippen LogP contribution >= 0.6 is 0 Å². The summed E-state index contributed by atoms with van der Waals surface area (Å²) in [7, 11) is -3.74. The Balaban J connectivity index is 1.74. The minimum absolute atomic E-state index is 0.0112. The van der Waals surface area contributed by atoms with Crippen LogP contribution in [0.15, 0.2) is 47.4 Å². The summed E-state index contributed by atoms with van der Waals surface area (Å²) in [5.41, 5.74) is 1.57. The number of morpholine rings is 1. The monoisotopic (exact) mass is 447 g/mol. The number of nitrogens with zero attached hydrogens (tertiary/aromatic N) is 2. The van der Waals surface area contributed by atoms with Crippen molar-refractivity contribution in [3.63, 3.8) is 0 Å². The molecule has 0 saturated carbocycles. The van der Waals surface area contributed by atoms with Crippen LogP contribution in [0, 0.1) is 0 Å². The number of phenols is 1. The number of carbonyl (C=O) groups excluding carboxylic acids is 1. The van der Waals surface area contributed by atoms with Crippen molar-refractivity contribution in [3.05, 3.63) is 53.6 Å². The van der Waals surface area contributed by atoms with Crippen molar-refractivity contribution in [1.82, 2.24) is 9.21 Å². The minimum Gasteiger partial charge on any atom is -0.506 e. The summed E-state index contributed by atoms with van der Waals surface area (Å²) in [5.74, 6) is -0.627. The number of hydrogen-bond acceptors (Lipinski definition) is 6. The highest BCUT2D eigenvalue weighted by Gasteiger charge is 2.27. The molecule has 0 radical (unpaired) electrons. The molecule has 9 heteroatoms. The topological polar surface area (TPSA) is 99.2 Å². The molecule has 31 heavy (non-hydrogen) atoms. The molecule has 0 aliphatic carbocycles. The number of sulfonamides is 1. The summed E-state index contributed by atoms with van der Waals surface area (Å²) in [6.07, 6.45) is 0. The highest BCUT2D eigenvalue weighted by molar-refractivity contribution is 7.89. The largest absolute Gasteiger partial charge is 0.506 e. The van der Waals surface area contributed by atoms with E-state index in [4.69, 9.17) is 4.74 Å². The molecule has 0 atom stereocenters. The molecule has 1 saturated heterocycles. The van der Waals surface area contributed by atoms with E-state index in [0.29, 0.717) is 18.8 Å². The molecule has 1 aliphatic heterocycles. The number of amides is 1. The summed E-state index contributed by atoms with van der Waals surface area (Å²) in [4.78, 5) is 14.9. The average Bonchev–Trinajstić information content (AvgIpc) is 2.79. The van der Waals surface area contributed by atoms with Gasteiger partial charge >= 0.3 is 0 Å². The fourth-order valence-corrected chi connectivity index (χ4v) is 4.81. The first-order valence-electron chi connectivity index (χ1n) is 10.4. The van der Waals surface area contributed by atoms with Crippen LogP contribution in [0.4, 0.5) is 5.69 Å². The van der Waals surface area contributed by atoms with Gasteiger partial charge < -0.3 is 15.2 Å². The number of aromatic hydroxyl groups is 1. The van der Waals surface area contributed by atoms with Crippen LogP contribution in [0.5, 0.6) is 5.75 Å². The van der Waals surface area contributed by atoms with Gasteiger partial charge in [-0.05, 0) is 49.0 Å². The Labute approximate surface area is 183 Å². The lowest BCUT2D eigenvalue weighted by Crippen LogP contribution is -2.40. The van der Waals surface area contributed by atoms with Gasteiger partial charge in [-0.3, -0.25) is 9.69 Å². The third-order valence-corrected chi connectivity index (χ3v) is 7.24. The maximum Gasteiger partial charge on any atom is 0.255 e. The lowest BCUT2D eigenvalue weighted by atomic mass is 10.1.